The van der Waals surface area contributed by atoms with E-state index in [9.17, 15) is 9.59 Å². The maximum absolute atomic E-state index is 12.8. The minimum absolute atomic E-state index is 0.0379. The molecule has 0 saturated carbocycles. The zero-order valence-corrected chi connectivity index (χ0v) is 14.6. The van der Waals surface area contributed by atoms with Crippen molar-refractivity contribution in [2.24, 2.45) is 5.92 Å². The summed E-state index contributed by atoms with van der Waals surface area (Å²) in [6.07, 6.45) is 7.48. The molecule has 2 aromatic rings. The highest BCUT2D eigenvalue weighted by Gasteiger charge is 2.38. The Kier molecular flexibility index (Phi) is 4.65. The number of fused-ring (bicyclic) bond motifs is 4. The minimum atomic E-state index is -0.0379. The summed E-state index contributed by atoms with van der Waals surface area (Å²) >= 11 is 0. The lowest BCUT2D eigenvalue weighted by atomic mass is 9.94. The monoisotopic (exact) mass is 350 g/mol. The van der Waals surface area contributed by atoms with Crippen LogP contribution in [-0.4, -0.2) is 57.3 Å². The maximum atomic E-state index is 12.8. The Labute approximate surface area is 152 Å². The lowest BCUT2D eigenvalue weighted by Gasteiger charge is -2.36. The first-order chi connectivity index (χ1) is 12.7. The van der Waals surface area contributed by atoms with Crippen molar-refractivity contribution in [2.45, 2.75) is 25.3 Å². The zero-order chi connectivity index (χ0) is 17.9. The number of pyridine rings is 2. The quantitative estimate of drug-likeness (QED) is 0.846. The van der Waals surface area contributed by atoms with Crippen molar-refractivity contribution in [3.8, 4) is 0 Å². The third kappa shape index (κ3) is 3.45. The van der Waals surface area contributed by atoms with Gasteiger partial charge in [0.2, 0.25) is 5.91 Å². The second-order valence-corrected chi connectivity index (χ2v) is 7.11. The average molecular weight is 350 g/mol. The van der Waals surface area contributed by atoms with Crippen molar-refractivity contribution < 1.29 is 9.59 Å². The molecule has 0 spiro atoms. The Hall–Kier alpha value is -2.76. The summed E-state index contributed by atoms with van der Waals surface area (Å²) in [4.78, 5) is 37.8. The van der Waals surface area contributed by atoms with Crippen LogP contribution in [0.25, 0.3) is 0 Å². The maximum Gasteiger partial charge on any atom is 0.272 e. The van der Waals surface area contributed by atoms with Crippen molar-refractivity contribution in [1.29, 1.82) is 0 Å². The standard InChI is InChI=1S/C20H22N4O2/c25-19(10-15-4-3-8-21-11-15)24-13-16-6-7-17(24)14-23(12-16)20(26)18-5-1-2-9-22-18/h1-5,8-9,11,16-17H,6-7,10,12-14H2/t16-,17+/m0/s1. The molecule has 2 bridgehead atoms. The number of aromatic nitrogens is 2. The van der Waals surface area contributed by atoms with Gasteiger partial charge in [-0.15, -0.1) is 0 Å². The first kappa shape index (κ1) is 16.7. The number of amides is 2. The SMILES string of the molecule is O=C(c1ccccn1)N1C[C@@H]2CC[C@H](C1)N(C(=O)Cc1cccnc1)C2. The molecule has 6 heteroatoms. The summed E-state index contributed by atoms with van der Waals surface area (Å²) in [6, 6.07) is 9.26. The van der Waals surface area contributed by atoms with E-state index in [2.05, 4.69) is 9.97 Å². The Bertz CT molecular complexity index is 781. The van der Waals surface area contributed by atoms with Gasteiger partial charge >= 0.3 is 0 Å². The Morgan fingerprint density at radius 2 is 1.96 bits per heavy atom. The topological polar surface area (TPSA) is 66.4 Å². The first-order valence-electron chi connectivity index (χ1n) is 9.09. The van der Waals surface area contributed by atoms with E-state index in [1.165, 1.54) is 0 Å². The summed E-state index contributed by atoms with van der Waals surface area (Å²) in [5.74, 6) is 0.420. The average Bonchev–Trinajstić information content (AvgIpc) is 3.01. The third-order valence-electron chi connectivity index (χ3n) is 5.28. The number of carbonyl (C=O) groups excluding carboxylic acids is 2. The Morgan fingerprint density at radius 1 is 1.04 bits per heavy atom. The van der Waals surface area contributed by atoms with Crippen LogP contribution in [-0.2, 0) is 11.2 Å². The van der Waals surface area contributed by atoms with Crippen molar-refractivity contribution >= 4 is 11.8 Å². The van der Waals surface area contributed by atoms with E-state index >= 15 is 0 Å². The number of carbonyl (C=O) groups is 2. The molecule has 0 aromatic carbocycles. The normalized spacial score (nSPS) is 22.2. The number of piperidine rings is 1. The predicted molar refractivity (Wildman–Crippen MR) is 96.3 cm³/mol. The van der Waals surface area contributed by atoms with Gasteiger partial charge in [-0.05, 0) is 42.5 Å². The van der Waals surface area contributed by atoms with Gasteiger partial charge in [-0.1, -0.05) is 12.1 Å². The van der Waals surface area contributed by atoms with Crippen molar-refractivity contribution in [1.82, 2.24) is 19.8 Å². The summed E-state index contributed by atoms with van der Waals surface area (Å²) in [5.41, 5.74) is 1.40. The summed E-state index contributed by atoms with van der Waals surface area (Å²) in [5, 5.41) is 0. The van der Waals surface area contributed by atoms with E-state index in [1.54, 1.807) is 24.7 Å². The van der Waals surface area contributed by atoms with Gasteiger partial charge in [0, 0.05) is 44.3 Å². The van der Waals surface area contributed by atoms with E-state index in [0.717, 1.165) is 24.9 Å². The van der Waals surface area contributed by atoms with Crippen LogP contribution in [0.2, 0.25) is 0 Å². The van der Waals surface area contributed by atoms with Crippen molar-refractivity contribution in [3.63, 3.8) is 0 Å². The first-order valence-corrected chi connectivity index (χ1v) is 9.09. The summed E-state index contributed by atoms with van der Waals surface area (Å²) in [6.45, 7) is 2.02. The van der Waals surface area contributed by atoms with E-state index in [0.29, 0.717) is 31.1 Å². The number of rotatable bonds is 3. The van der Waals surface area contributed by atoms with E-state index < -0.39 is 0 Å². The molecule has 3 saturated heterocycles. The molecule has 2 amide bonds. The number of hydrogen-bond acceptors (Lipinski definition) is 4. The largest absolute Gasteiger partial charge is 0.337 e. The van der Waals surface area contributed by atoms with Gasteiger partial charge in [0.05, 0.1) is 6.42 Å². The highest BCUT2D eigenvalue weighted by atomic mass is 16.2. The van der Waals surface area contributed by atoms with Gasteiger partial charge in [0.25, 0.3) is 5.91 Å². The fraction of sp³-hybridized carbons (Fsp3) is 0.400. The van der Waals surface area contributed by atoms with Crippen molar-refractivity contribution in [2.75, 3.05) is 19.6 Å². The molecule has 6 nitrogen and oxygen atoms in total. The van der Waals surface area contributed by atoms with Crippen LogP contribution in [0, 0.1) is 5.92 Å². The van der Waals surface area contributed by atoms with Crippen LogP contribution in [0.4, 0.5) is 0 Å². The van der Waals surface area contributed by atoms with Gasteiger partial charge in [-0.2, -0.15) is 0 Å². The van der Waals surface area contributed by atoms with Gasteiger partial charge in [-0.25, -0.2) is 0 Å². The number of hydrogen-bond donors (Lipinski definition) is 0. The second kappa shape index (κ2) is 7.23. The molecule has 0 radical (unpaired) electrons. The van der Waals surface area contributed by atoms with Crippen LogP contribution in [0.15, 0.2) is 48.9 Å². The minimum Gasteiger partial charge on any atom is -0.337 e. The Morgan fingerprint density at radius 3 is 2.73 bits per heavy atom. The van der Waals surface area contributed by atoms with Crippen LogP contribution in [0.1, 0.15) is 28.9 Å². The summed E-state index contributed by atoms with van der Waals surface area (Å²) in [7, 11) is 0. The molecule has 0 aliphatic carbocycles. The fourth-order valence-electron chi connectivity index (χ4n) is 3.98. The molecular weight excluding hydrogens is 328 g/mol. The molecule has 5 heterocycles. The molecule has 2 atom stereocenters. The van der Waals surface area contributed by atoms with Crippen LogP contribution in [0.3, 0.4) is 0 Å². The van der Waals surface area contributed by atoms with Gasteiger partial charge in [0.15, 0.2) is 0 Å². The summed E-state index contributed by atoms with van der Waals surface area (Å²) < 4.78 is 0. The van der Waals surface area contributed by atoms with Crippen molar-refractivity contribution in [3.05, 3.63) is 60.2 Å². The van der Waals surface area contributed by atoms with Crippen LogP contribution >= 0.6 is 0 Å². The number of nitrogens with zero attached hydrogens (tertiary/aromatic N) is 4. The van der Waals surface area contributed by atoms with E-state index in [1.807, 2.05) is 34.1 Å². The van der Waals surface area contributed by atoms with Crippen LogP contribution < -0.4 is 0 Å². The van der Waals surface area contributed by atoms with Gasteiger partial charge in [0.1, 0.15) is 5.69 Å². The Balaban J connectivity index is 1.48. The molecule has 5 rings (SSSR count). The molecule has 26 heavy (non-hydrogen) atoms. The molecular formula is C20H22N4O2. The molecule has 0 N–H and O–H groups in total. The van der Waals surface area contributed by atoms with Crippen LogP contribution in [0.5, 0.6) is 0 Å². The zero-order valence-electron chi connectivity index (χ0n) is 14.6. The second-order valence-electron chi connectivity index (χ2n) is 7.11. The lowest BCUT2D eigenvalue weighted by molar-refractivity contribution is -0.134. The fourth-order valence-corrected chi connectivity index (χ4v) is 3.98. The lowest BCUT2D eigenvalue weighted by Crippen LogP contribution is -2.48. The predicted octanol–water partition coefficient (Wildman–Crippen LogP) is 1.78. The molecule has 3 aliphatic rings. The highest BCUT2D eigenvalue weighted by molar-refractivity contribution is 5.92. The van der Waals surface area contributed by atoms with Gasteiger partial charge < -0.3 is 9.80 Å². The van der Waals surface area contributed by atoms with E-state index in [-0.39, 0.29) is 17.9 Å². The third-order valence-corrected chi connectivity index (χ3v) is 5.28. The molecule has 0 unspecified atom stereocenters. The van der Waals surface area contributed by atoms with Gasteiger partial charge in [-0.3, -0.25) is 19.6 Å². The molecule has 134 valence electrons. The van der Waals surface area contributed by atoms with E-state index in [4.69, 9.17) is 0 Å². The highest BCUT2D eigenvalue weighted by Crippen LogP contribution is 2.29. The molecule has 2 aromatic heterocycles. The molecule has 3 aliphatic heterocycles. The smallest absolute Gasteiger partial charge is 0.272 e. The molecule has 3 fully saturated rings.